The summed E-state index contributed by atoms with van der Waals surface area (Å²) in [6.45, 7) is -0.886. The molecule has 0 aliphatic heterocycles. The first-order valence-electron chi connectivity index (χ1n) is 7.86. The molecule has 0 aromatic heterocycles. The Bertz CT molecular complexity index is 764. The fourth-order valence-corrected chi connectivity index (χ4v) is 2.53. The van der Waals surface area contributed by atoms with Crippen molar-refractivity contribution in [1.82, 2.24) is 0 Å². The summed E-state index contributed by atoms with van der Waals surface area (Å²) in [5.74, 6) is -0.145. The highest BCUT2D eigenvalue weighted by Gasteiger charge is 2.11. The maximum absolute atomic E-state index is 12.4. The Labute approximate surface area is 155 Å². The predicted molar refractivity (Wildman–Crippen MR) is 100 cm³/mol. The van der Waals surface area contributed by atoms with Gasteiger partial charge in [0.25, 0.3) is 0 Å². The van der Waals surface area contributed by atoms with Crippen LogP contribution in [-0.2, 0) is 4.79 Å². The number of amides is 1. The highest BCUT2D eigenvalue weighted by molar-refractivity contribution is 7.98. The van der Waals surface area contributed by atoms with Crippen molar-refractivity contribution in [3.8, 4) is 11.5 Å². The van der Waals surface area contributed by atoms with Crippen LogP contribution < -0.4 is 14.8 Å². The number of hydrogen-bond donors (Lipinski definition) is 1. The topological polar surface area (TPSA) is 47.6 Å². The summed E-state index contributed by atoms with van der Waals surface area (Å²) in [6.07, 6.45) is 4.91. The first kappa shape index (κ1) is 19.8. The highest BCUT2D eigenvalue weighted by atomic mass is 32.2. The molecule has 4 nitrogen and oxygen atoms in total. The van der Waals surface area contributed by atoms with E-state index >= 15 is 0 Å². The largest absolute Gasteiger partial charge is 0.490 e. The molecule has 0 fully saturated rings. The molecule has 2 aromatic carbocycles. The van der Waals surface area contributed by atoms with Crippen molar-refractivity contribution < 1.29 is 23.0 Å². The molecular formula is C19H19F2NO3S. The van der Waals surface area contributed by atoms with E-state index in [-0.39, 0.29) is 17.4 Å². The molecule has 0 heterocycles. The molecule has 26 heavy (non-hydrogen) atoms. The minimum absolute atomic E-state index is 0.0441. The second kappa shape index (κ2) is 9.82. The van der Waals surface area contributed by atoms with Crippen molar-refractivity contribution in [2.45, 2.75) is 18.4 Å². The lowest BCUT2D eigenvalue weighted by Gasteiger charge is -2.11. The van der Waals surface area contributed by atoms with Crippen molar-refractivity contribution in [2.24, 2.45) is 0 Å². The van der Waals surface area contributed by atoms with Gasteiger partial charge in [0, 0.05) is 16.7 Å². The van der Waals surface area contributed by atoms with Gasteiger partial charge in [0.15, 0.2) is 11.5 Å². The van der Waals surface area contributed by atoms with Gasteiger partial charge in [-0.05, 0) is 61.2 Å². The van der Waals surface area contributed by atoms with Crippen LogP contribution in [0.1, 0.15) is 12.5 Å². The molecule has 0 radical (unpaired) electrons. The normalized spacial score (nSPS) is 11.0. The number of ether oxygens (including phenoxy) is 2. The van der Waals surface area contributed by atoms with Crippen molar-refractivity contribution in [1.29, 1.82) is 0 Å². The third-order valence-corrected chi connectivity index (χ3v) is 4.01. The van der Waals surface area contributed by atoms with E-state index < -0.39 is 6.61 Å². The SMILES string of the molecule is CCOc1cc(C=CC(=O)Nc2ccc(SC)cc2)ccc1OC(F)F. The van der Waals surface area contributed by atoms with E-state index in [0.29, 0.717) is 17.9 Å². The van der Waals surface area contributed by atoms with Gasteiger partial charge in [-0.25, -0.2) is 0 Å². The van der Waals surface area contributed by atoms with Crippen molar-refractivity contribution >= 4 is 29.4 Å². The standard InChI is InChI=1S/C19H19F2NO3S/c1-3-24-17-12-13(4-10-16(17)25-19(20)21)5-11-18(23)22-14-6-8-15(26-2)9-7-14/h4-12,19H,3H2,1-2H3,(H,22,23). The summed E-state index contributed by atoms with van der Waals surface area (Å²) in [7, 11) is 0. The third-order valence-electron chi connectivity index (χ3n) is 3.27. The fraction of sp³-hybridized carbons (Fsp3) is 0.211. The van der Waals surface area contributed by atoms with Crippen molar-refractivity contribution in [2.75, 3.05) is 18.2 Å². The molecule has 2 aromatic rings. The summed E-state index contributed by atoms with van der Waals surface area (Å²) in [4.78, 5) is 13.1. The Morgan fingerprint density at radius 3 is 2.54 bits per heavy atom. The number of carbonyl (C=O) groups is 1. The number of anilines is 1. The van der Waals surface area contributed by atoms with Crippen LogP contribution in [0, 0.1) is 0 Å². The van der Waals surface area contributed by atoms with Crippen LogP contribution in [0.5, 0.6) is 11.5 Å². The molecule has 1 amide bonds. The monoisotopic (exact) mass is 379 g/mol. The highest BCUT2D eigenvalue weighted by Crippen LogP contribution is 2.30. The number of alkyl halides is 2. The summed E-state index contributed by atoms with van der Waals surface area (Å²) in [5, 5.41) is 2.75. The molecule has 138 valence electrons. The van der Waals surface area contributed by atoms with Crippen LogP contribution in [0.25, 0.3) is 6.08 Å². The van der Waals surface area contributed by atoms with Crippen molar-refractivity contribution in [3.63, 3.8) is 0 Å². The number of thioether (sulfide) groups is 1. The van der Waals surface area contributed by atoms with E-state index in [1.807, 2.05) is 30.5 Å². The lowest BCUT2D eigenvalue weighted by Crippen LogP contribution is -2.07. The van der Waals surface area contributed by atoms with Gasteiger partial charge in [-0.15, -0.1) is 11.8 Å². The zero-order chi connectivity index (χ0) is 18.9. The van der Waals surface area contributed by atoms with Gasteiger partial charge in [0.1, 0.15) is 0 Å². The molecule has 0 aliphatic rings. The Morgan fingerprint density at radius 1 is 1.19 bits per heavy atom. The van der Waals surface area contributed by atoms with Crippen molar-refractivity contribution in [3.05, 3.63) is 54.1 Å². The van der Waals surface area contributed by atoms with Crippen LogP contribution in [-0.4, -0.2) is 25.4 Å². The Morgan fingerprint density at radius 2 is 1.92 bits per heavy atom. The maximum Gasteiger partial charge on any atom is 0.387 e. The first-order valence-corrected chi connectivity index (χ1v) is 9.09. The summed E-state index contributed by atoms with van der Waals surface area (Å²) >= 11 is 1.62. The number of halogens is 2. The van der Waals surface area contributed by atoms with Gasteiger partial charge in [0.05, 0.1) is 6.61 Å². The number of carbonyl (C=O) groups excluding carboxylic acids is 1. The molecule has 0 atom stereocenters. The average molecular weight is 379 g/mol. The first-order chi connectivity index (χ1) is 12.5. The number of rotatable bonds is 8. The Kier molecular flexibility index (Phi) is 7.47. The second-order valence-electron chi connectivity index (χ2n) is 5.07. The third kappa shape index (κ3) is 6.07. The minimum Gasteiger partial charge on any atom is -0.490 e. The molecule has 0 unspecified atom stereocenters. The van der Waals surface area contributed by atoms with Gasteiger partial charge in [-0.2, -0.15) is 8.78 Å². The number of benzene rings is 2. The average Bonchev–Trinajstić information content (AvgIpc) is 2.62. The minimum atomic E-state index is -2.93. The molecule has 0 bridgehead atoms. The zero-order valence-electron chi connectivity index (χ0n) is 14.4. The smallest absolute Gasteiger partial charge is 0.387 e. The number of nitrogens with one attached hydrogen (secondary N) is 1. The van der Waals surface area contributed by atoms with Crippen LogP contribution >= 0.6 is 11.8 Å². The van der Waals surface area contributed by atoms with E-state index in [2.05, 4.69) is 10.1 Å². The summed E-state index contributed by atoms with van der Waals surface area (Å²) in [6, 6.07) is 12.0. The Hall–Kier alpha value is -2.54. The van der Waals surface area contributed by atoms with E-state index in [0.717, 1.165) is 4.90 Å². The van der Waals surface area contributed by atoms with Crippen LogP contribution in [0.2, 0.25) is 0 Å². The summed E-state index contributed by atoms with van der Waals surface area (Å²) in [5.41, 5.74) is 1.32. The van der Waals surface area contributed by atoms with Gasteiger partial charge in [0.2, 0.25) is 5.91 Å². The second-order valence-corrected chi connectivity index (χ2v) is 5.95. The molecule has 7 heteroatoms. The van der Waals surface area contributed by atoms with E-state index in [1.165, 1.54) is 18.2 Å². The van der Waals surface area contributed by atoms with E-state index in [4.69, 9.17) is 4.74 Å². The van der Waals surface area contributed by atoms with Crippen LogP contribution in [0.3, 0.4) is 0 Å². The quantitative estimate of drug-likeness (QED) is 0.514. The van der Waals surface area contributed by atoms with Gasteiger partial charge in [-0.3, -0.25) is 4.79 Å². The number of hydrogen-bond acceptors (Lipinski definition) is 4. The fourth-order valence-electron chi connectivity index (χ4n) is 2.12. The van der Waals surface area contributed by atoms with Gasteiger partial charge < -0.3 is 14.8 Å². The lowest BCUT2D eigenvalue weighted by atomic mass is 10.2. The molecule has 2 rings (SSSR count). The zero-order valence-corrected chi connectivity index (χ0v) is 15.2. The summed E-state index contributed by atoms with van der Waals surface area (Å²) < 4.78 is 34.5. The van der Waals surface area contributed by atoms with Crippen LogP contribution in [0.4, 0.5) is 14.5 Å². The molecule has 0 spiro atoms. The van der Waals surface area contributed by atoms with E-state index in [9.17, 15) is 13.6 Å². The molecule has 1 N–H and O–H groups in total. The van der Waals surface area contributed by atoms with Crippen LogP contribution in [0.15, 0.2) is 53.4 Å². The Balaban J connectivity index is 2.05. The molecular weight excluding hydrogens is 360 g/mol. The van der Waals surface area contributed by atoms with Gasteiger partial charge >= 0.3 is 6.61 Å². The van der Waals surface area contributed by atoms with E-state index in [1.54, 1.807) is 30.8 Å². The molecule has 0 saturated heterocycles. The predicted octanol–water partition coefficient (Wildman–Crippen LogP) is 5.06. The lowest BCUT2D eigenvalue weighted by molar-refractivity contribution is -0.111. The maximum atomic E-state index is 12.4. The molecule has 0 saturated carbocycles. The molecule has 0 aliphatic carbocycles. The van der Waals surface area contributed by atoms with Gasteiger partial charge in [-0.1, -0.05) is 6.07 Å².